The zero-order chi connectivity index (χ0) is 14.6. The number of rotatable bonds is 5. The van der Waals surface area contributed by atoms with Gasteiger partial charge in [-0.3, -0.25) is 9.89 Å². The van der Waals surface area contributed by atoms with Gasteiger partial charge >= 0.3 is 6.18 Å². The van der Waals surface area contributed by atoms with E-state index in [1.165, 1.54) is 17.7 Å². The number of likely N-dealkylation sites (tertiary alicyclic amines) is 1. The van der Waals surface area contributed by atoms with Crippen molar-refractivity contribution in [2.75, 3.05) is 33.2 Å². The predicted molar refractivity (Wildman–Crippen MR) is 72.7 cm³/mol. The first-order valence-corrected chi connectivity index (χ1v) is 7.22. The highest BCUT2D eigenvalue weighted by Gasteiger charge is 2.34. The topological polar surface area (TPSA) is 39.7 Å². The minimum atomic E-state index is -4.11. The summed E-state index contributed by atoms with van der Waals surface area (Å²) in [6.07, 6.45) is 0.398. The molecule has 1 aliphatic heterocycles. The van der Waals surface area contributed by atoms with E-state index >= 15 is 0 Å². The summed E-state index contributed by atoms with van der Waals surface area (Å²) in [5.41, 5.74) is 0. The Morgan fingerprint density at radius 3 is 2.65 bits per heavy atom. The Kier molecular flexibility index (Phi) is 5.12. The van der Waals surface area contributed by atoms with Gasteiger partial charge in [-0.1, -0.05) is 12.8 Å². The van der Waals surface area contributed by atoms with E-state index in [0.29, 0.717) is 19.0 Å². The molecule has 0 aromatic rings. The van der Waals surface area contributed by atoms with E-state index in [1.807, 2.05) is 0 Å². The lowest BCUT2D eigenvalue weighted by molar-refractivity contribution is -0.143. The van der Waals surface area contributed by atoms with E-state index in [1.54, 1.807) is 7.05 Å². The molecule has 2 fully saturated rings. The summed E-state index contributed by atoms with van der Waals surface area (Å²) in [5, 5.41) is 6.43. The van der Waals surface area contributed by atoms with E-state index in [2.05, 4.69) is 15.6 Å². The molecule has 1 aliphatic carbocycles. The van der Waals surface area contributed by atoms with Gasteiger partial charge in [-0.2, -0.15) is 13.2 Å². The fourth-order valence-corrected chi connectivity index (χ4v) is 2.54. The molecule has 2 aliphatic rings. The van der Waals surface area contributed by atoms with Crippen molar-refractivity contribution >= 4 is 5.96 Å². The van der Waals surface area contributed by atoms with Crippen LogP contribution in [0.1, 0.15) is 25.7 Å². The van der Waals surface area contributed by atoms with E-state index in [0.717, 1.165) is 25.3 Å². The second kappa shape index (κ2) is 6.65. The lowest BCUT2D eigenvalue weighted by Crippen LogP contribution is -2.45. The SMILES string of the molecule is CN=C(NCCC1CC1)NC1CCN(CC(F)(F)F)C1. The van der Waals surface area contributed by atoms with E-state index in [9.17, 15) is 13.2 Å². The number of hydrogen-bond donors (Lipinski definition) is 2. The molecule has 1 saturated heterocycles. The van der Waals surface area contributed by atoms with Crippen molar-refractivity contribution in [3.05, 3.63) is 0 Å². The molecule has 1 heterocycles. The second-order valence-electron chi connectivity index (χ2n) is 5.71. The maximum absolute atomic E-state index is 12.3. The van der Waals surface area contributed by atoms with Crippen LogP contribution in [0.2, 0.25) is 0 Å². The highest BCUT2D eigenvalue weighted by atomic mass is 19.4. The Hall–Kier alpha value is -0.980. The minimum Gasteiger partial charge on any atom is -0.356 e. The lowest BCUT2D eigenvalue weighted by Gasteiger charge is -2.19. The van der Waals surface area contributed by atoms with Gasteiger partial charge in [0, 0.05) is 32.7 Å². The molecule has 7 heteroatoms. The number of guanidine groups is 1. The van der Waals surface area contributed by atoms with Gasteiger partial charge in [0.2, 0.25) is 0 Å². The van der Waals surface area contributed by atoms with Crippen LogP contribution in [-0.4, -0.2) is 56.3 Å². The average Bonchev–Trinajstić information content (AvgIpc) is 3.08. The van der Waals surface area contributed by atoms with Gasteiger partial charge in [0.05, 0.1) is 6.54 Å². The quantitative estimate of drug-likeness (QED) is 0.597. The number of nitrogens with zero attached hydrogens (tertiary/aromatic N) is 2. The molecule has 116 valence electrons. The van der Waals surface area contributed by atoms with Crippen LogP contribution in [0.3, 0.4) is 0 Å². The molecule has 2 rings (SSSR count). The van der Waals surface area contributed by atoms with Gasteiger partial charge in [-0.05, 0) is 18.8 Å². The summed E-state index contributed by atoms with van der Waals surface area (Å²) < 4.78 is 36.9. The number of nitrogens with one attached hydrogen (secondary N) is 2. The third-order valence-corrected chi connectivity index (χ3v) is 3.78. The molecular weight excluding hydrogens is 269 g/mol. The first kappa shape index (κ1) is 15.4. The first-order valence-electron chi connectivity index (χ1n) is 7.22. The number of halogens is 3. The number of aliphatic imine (C=N–C) groups is 1. The molecule has 4 nitrogen and oxygen atoms in total. The smallest absolute Gasteiger partial charge is 0.356 e. The van der Waals surface area contributed by atoms with Gasteiger partial charge in [-0.25, -0.2) is 0 Å². The molecule has 0 bridgehead atoms. The lowest BCUT2D eigenvalue weighted by atomic mass is 10.2. The molecule has 1 unspecified atom stereocenters. The van der Waals surface area contributed by atoms with Gasteiger partial charge in [0.1, 0.15) is 0 Å². The Morgan fingerprint density at radius 1 is 1.30 bits per heavy atom. The van der Waals surface area contributed by atoms with Crippen LogP contribution in [0.25, 0.3) is 0 Å². The number of hydrogen-bond acceptors (Lipinski definition) is 2. The molecule has 0 aromatic carbocycles. The highest BCUT2D eigenvalue weighted by molar-refractivity contribution is 5.79. The molecule has 0 spiro atoms. The van der Waals surface area contributed by atoms with Gasteiger partial charge < -0.3 is 10.6 Å². The summed E-state index contributed by atoms with van der Waals surface area (Å²) >= 11 is 0. The van der Waals surface area contributed by atoms with Crippen molar-refractivity contribution in [3.8, 4) is 0 Å². The fourth-order valence-electron chi connectivity index (χ4n) is 2.54. The first-order chi connectivity index (χ1) is 9.46. The van der Waals surface area contributed by atoms with Crippen molar-refractivity contribution < 1.29 is 13.2 Å². The summed E-state index contributed by atoms with van der Waals surface area (Å²) in [5.74, 6) is 1.55. The molecule has 1 atom stereocenters. The fraction of sp³-hybridized carbons (Fsp3) is 0.923. The molecule has 0 aromatic heterocycles. The molecule has 20 heavy (non-hydrogen) atoms. The van der Waals surface area contributed by atoms with Crippen molar-refractivity contribution in [1.82, 2.24) is 15.5 Å². The molecule has 0 amide bonds. The molecule has 0 radical (unpaired) electrons. The summed E-state index contributed by atoms with van der Waals surface area (Å²) in [4.78, 5) is 5.56. The van der Waals surface area contributed by atoms with E-state index in [4.69, 9.17) is 0 Å². The van der Waals surface area contributed by atoms with Gasteiger partial charge in [-0.15, -0.1) is 0 Å². The summed E-state index contributed by atoms with van der Waals surface area (Å²) in [6.45, 7) is 0.960. The second-order valence-corrected chi connectivity index (χ2v) is 5.71. The minimum absolute atomic E-state index is 0.0458. The van der Waals surface area contributed by atoms with Crippen molar-refractivity contribution in [2.45, 2.75) is 37.9 Å². The Bertz CT molecular complexity index is 339. The largest absolute Gasteiger partial charge is 0.401 e. The van der Waals surface area contributed by atoms with Crippen LogP contribution in [0.5, 0.6) is 0 Å². The predicted octanol–water partition coefficient (Wildman–Crippen LogP) is 1.59. The van der Waals surface area contributed by atoms with Crippen LogP contribution in [0, 0.1) is 5.92 Å². The molecular formula is C13H23F3N4. The van der Waals surface area contributed by atoms with Gasteiger partial charge in [0.15, 0.2) is 5.96 Å². The zero-order valence-electron chi connectivity index (χ0n) is 11.8. The van der Waals surface area contributed by atoms with Gasteiger partial charge in [0.25, 0.3) is 0 Å². The maximum Gasteiger partial charge on any atom is 0.401 e. The van der Waals surface area contributed by atoms with Crippen LogP contribution < -0.4 is 10.6 Å². The van der Waals surface area contributed by atoms with Crippen molar-refractivity contribution in [1.29, 1.82) is 0 Å². The zero-order valence-corrected chi connectivity index (χ0v) is 11.8. The Morgan fingerprint density at radius 2 is 2.05 bits per heavy atom. The number of alkyl halides is 3. The monoisotopic (exact) mass is 292 g/mol. The van der Waals surface area contributed by atoms with Crippen molar-refractivity contribution in [3.63, 3.8) is 0 Å². The third-order valence-electron chi connectivity index (χ3n) is 3.78. The molecule has 2 N–H and O–H groups in total. The maximum atomic E-state index is 12.3. The normalized spacial score (nSPS) is 25.0. The highest BCUT2D eigenvalue weighted by Crippen LogP contribution is 2.31. The summed E-state index contributed by atoms with van der Waals surface area (Å²) in [7, 11) is 1.69. The Labute approximate surface area is 117 Å². The van der Waals surface area contributed by atoms with Crippen LogP contribution in [0.4, 0.5) is 13.2 Å². The van der Waals surface area contributed by atoms with Crippen molar-refractivity contribution in [2.24, 2.45) is 10.9 Å². The van der Waals surface area contributed by atoms with E-state index < -0.39 is 12.7 Å². The molecule has 1 saturated carbocycles. The van der Waals surface area contributed by atoms with Crippen LogP contribution in [0.15, 0.2) is 4.99 Å². The average molecular weight is 292 g/mol. The van der Waals surface area contributed by atoms with Crippen LogP contribution in [-0.2, 0) is 0 Å². The van der Waals surface area contributed by atoms with Crippen LogP contribution >= 0.6 is 0 Å². The van der Waals surface area contributed by atoms with E-state index in [-0.39, 0.29) is 6.04 Å². The Balaban J connectivity index is 1.66. The third kappa shape index (κ3) is 5.56. The summed E-state index contributed by atoms with van der Waals surface area (Å²) in [6, 6.07) is 0.0458. The standard InChI is InChI=1S/C13H23F3N4/c1-17-12(18-6-4-10-2-3-10)19-11-5-7-20(8-11)9-13(14,15)16/h10-11H,2-9H2,1H3,(H2,17,18,19).